The van der Waals surface area contributed by atoms with E-state index in [0.717, 1.165) is 58.6 Å². The second-order valence-electron chi connectivity index (χ2n) is 27.0. The van der Waals surface area contributed by atoms with Gasteiger partial charge in [-0.1, -0.05) is 219 Å². The summed E-state index contributed by atoms with van der Waals surface area (Å²) in [5, 5.41) is 7.31. The molecule has 90 heavy (non-hydrogen) atoms. The minimum atomic E-state index is -0.273. The molecule has 17 rings (SSSR count). The molecule has 0 saturated carbocycles. The summed E-state index contributed by atoms with van der Waals surface area (Å²) in [4.78, 5) is 5.41. The summed E-state index contributed by atoms with van der Waals surface area (Å²) < 4.78 is 11.8. The van der Waals surface area contributed by atoms with Crippen molar-refractivity contribution < 1.29 is 4.42 Å². The average Bonchev–Trinajstić information content (AvgIpc) is 0.826. The van der Waals surface area contributed by atoms with Gasteiger partial charge in [0.1, 0.15) is 11.2 Å². The van der Waals surface area contributed by atoms with Crippen LogP contribution in [0, 0.1) is 0 Å². The van der Waals surface area contributed by atoms with E-state index in [9.17, 15) is 0 Å². The summed E-state index contributed by atoms with van der Waals surface area (Å²) in [5.74, 6) is 0. The minimum Gasteiger partial charge on any atom is -0.456 e. The van der Waals surface area contributed by atoms with Crippen molar-refractivity contribution in [2.75, 3.05) is 9.80 Å². The number of hydrogen-bond donors (Lipinski definition) is 0. The molecule has 0 bridgehead atoms. The van der Waals surface area contributed by atoms with Crippen LogP contribution in [0.2, 0.25) is 0 Å². The number of benzene rings is 12. The van der Waals surface area contributed by atoms with Crippen LogP contribution >= 0.6 is 0 Å². The fourth-order valence-electron chi connectivity index (χ4n) is 15.3. The van der Waals surface area contributed by atoms with Gasteiger partial charge in [-0.15, -0.1) is 0 Å². The molecule has 3 aromatic heterocycles. The maximum atomic E-state index is 6.81. The number of furan rings is 1. The normalized spacial score (nSPS) is 13.1. The number of rotatable bonds is 9. The van der Waals surface area contributed by atoms with Gasteiger partial charge >= 0.3 is 0 Å². The van der Waals surface area contributed by atoms with Crippen LogP contribution in [0.25, 0.3) is 99.2 Å². The first kappa shape index (κ1) is 53.9. The standard InChI is InChI=1S/C84H69BN4O/c1-8-9-30-63-73(45-46-79-80(63)64-35-20-25-40-78(64)90-79)88-74-51-57(86-69-36-21-16-31-59(69)60-32-17-22-37-70(60)86)41-43-67(74)85-68-44-42-58(87-71-38-23-18-33-61(71)62-34-19-24-39-72(62)87)52-75(68)89(77-50-56(84(5,6)7)49-76(88)81(77)85)82-65(53-26-12-10-13-27-53)47-55(83(2,3)4)48-66(82)54-28-14-11-15-29-54/h10-29,31-52H,8-9,30H2,1-7H3. The van der Waals surface area contributed by atoms with E-state index < -0.39 is 0 Å². The third kappa shape index (κ3) is 8.23. The van der Waals surface area contributed by atoms with Gasteiger partial charge in [0.2, 0.25) is 0 Å². The highest BCUT2D eigenvalue weighted by molar-refractivity contribution is 7.00. The second-order valence-corrected chi connectivity index (χ2v) is 27.0. The SMILES string of the molecule is CCCCc1c(N2c3cc(-n4c5ccccc5c5ccccc54)ccc3B3c4ccc(-n5c6ccccc6c6ccccc65)cc4N(c4c(-c5ccccc5)cc(C(C)(C)C)cc4-c4ccccc4)c4cc(C(C)(C)C)cc2c43)ccc2oc3ccccc3c12. The maximum absolute atomic E-state index is 6.81. The van der Waals surface area contributed by atoms with Crippen LogP contribution in [0.5, 0.6) is 0 Å². The van der Waals surface area contributed by atoms with Gasteiger partial charge in [-0.3, -0.25) is 0 Å². The van der Waals surface area contributed by atoms with Gasteiger partial charge in [-0.2, -0.15) is 0 Å². The zero-order valence-electron chi connectivity index (χ0n) is 52.1. The van der Waals surface area contributed by atoms with Crippen molar-refractivity contribution in [3.8, 4) is 33.6 Å². The van der Waals surface area contributed by atoms with Crippen molar-refractivity contribution in [2.45, 2.75) is 78.6 Å². The van der Waals surface area contributed by atoms with Gasteiger partial charge in [0, 0.05) is 77.6 Å². The molecule has 2 aliphatic rings. The highest BCUT2D eigenvalue weighted by atomic mass is 16.3. The van der Waals surface area contributed by atoms with Crippen LogP contribution < -0.4 is 26.2 Å². The Bertz CT molecular complexity index is 5230. The molecule has 6 heteroatoms. The van der Waals surface area contributed by atoms with Crippen LogP contribution in [0.4, 0.5) is 34.1 Å². The number of anilines is 6. The predicted octanol–water partition coefficient (Wildman–Crippen LogP) is 21.1. The van der Waals surface area contributed by atoms with Crippen molar-refractivity contribution >= 4 is 123 Å². The first-order valence-corrected chi connectivity index (χ1v) is 32.2. The Labute approximate surface area is 526 Å². The lowest BCUT2D eigenvalue weighted by Crippen LogP contribution is -2.61. The summed E-state index contributed by atoms with van der Waals surface area (Å²) in [6, 6.07) is 96.2. The quantitative estimate of drug-likeness (QED) is 0.135. The van der Waals surface area contributed by atoms with Gasteiger partial charge < -0.3 is 23.4 Å². The lowest BCUT2D eigenvalue weighted by atomic mass is 9.33. The molecule has 0 N–H and O–H groups in total. The van der Waals surface area contributed by atoms with E-state index in [1.54, 1.807) is 0 Å². The van der Waals surface area contributed by atoms with Gasteiger partial charge in [-0.25, -0.2) is 0 Å². The van der Waals surface area contributed by atoms with E-state index in [1.165, 1.54) is 127 Å². The third-order valence-electron chi connectivity index (χ3n) is 19.6. The Morgan fingerprint density at radius 1 is 0.378 bits per heavy atom. The molecule has 0 aliphatic carbocycles. The first-order valence-electron chi connectivity index (χ1n) is 32.2. The van der Waals surface area contributed by atoms with E-state index in [2.05, 4.69) is 322 Å². The van der Waals surface area contributed by atoms with Crippen molar-refractivity contribution in [1.29, 1.82) is 0 Å². The lowest BCUT2D eigenvalue weighted by molar-refractivity contribution is 0.590. The largest absolute Gasteiger partial charge is 0.456 e. The van der Waals surface area contributed by atoms with Crippen LogP contribution in [-0.2, 0) is 17.3 Å². The predicted molar refractivity (Wildman–Crippen MR) is 383 cm³/mol. The van der Waals surface area contributed by atoms with E-state index in [4.69, 9.17) is 4.42 Å². The number of unbranched alkanes of at least 4 members (excludes halogenated alkanes) is 1. The van der Waals surface area contributed by atoms with Crippen LogP contribution in [0.15, 0.2) is 259 Å². The zero-order chi connectivity index (χ0) is 60.7. The molecule has 5 nitrogen and oxygen atoms in total. The molecule has 0 saturated heterocycles. The molecular formula is C84H69BN4O. The van der Waals surface area contributed by atoms with E-state index in [-0.39, 0.29) is 17.5 Å². The third-order valence-corrected chi connectivity index (χ3v) is 19.6. The Morgan fingerprint density at radius 3 is 1.30 bits per heavy atom. The van der Waals surface area contributed by atoms with Crippen molar-refractivity contribution in [2.24, 2.45) is 0 Å². The Morgan fingerprint density at radius 2 is 0.811 bits per heavy atom. The first-order chi connectivity index (χ1) is 43.9. The molecule has 12 aromatic carbocycles. The van der Waals surface area contributed by atoms with Crippen molar-refractivity contribution in [3.05, 3.63) is 271 Å². The monoisotopic (exact) mass is 1160 g/mol. The molecule has 0 spiro atoms. The topological polar surface area (TPSA) is 29.5 Å². The van der Waals surface area contributed by atoms with Gasteiger partial charge in [0.15, 0.2) is 0 Å². The average molecular weight is 1160 g/mol. The number of hydrogen-bond acceptors (Lipinski definition) is 3. The molecule has 15 aromatic rings. The summed E-state index contributed by atoms with van der Waals surface area (Å²) in [5.41, 5.74) is 27.8. The van der Waals surface area contributed by atoms with Gasteiger partial charge in [0.25, 0.3) is 6.71 Å². The van der Waals surface area contributed by atoms with E-state index >= 15 is 0 Å². The number of fused-ring (bicyclic) bond motifs is 13. The summed E-state index contributed by atoms with van der Waals surface area (Å²) in [6.45, 7) is 16.4. The fourth-order valence-corrected chi connectivity index (χ4v) is 15.3. The number of aryl methyl sites for hydroxylation is 1. The van der Waals surface area contributed by atoms with Crippen LogP contribution in [0.3, 0.4) is 0 Å². The Kier molecular flexibility index (Phi) is 12.2. The molecule has 0 unspecified atom stereocenters. The van der Waals surface area contributed by atoms with E-state index in [1.807, 2.05) is 0 Å². The molecule has 0 radical (unpaired) electrons. The summed E-state index contributed by atoms with van der Waals surface area (Å²) in [6.07, 6.45) is 2.97. The molecule has 0 amide bonds. The van der Waals surface area contributed by atoms with Gasteiger partial charge in [0.05, 0.1) is 33.4 Å². The molecule has 434 valence electrons. The fraction of sp³-hybridized carbons (Fsp3) is 0.143. The highest BCUT2D eigenvalue weighted by Crippen LogP contribution is 2.54. The van der Waals surface area contributed by atoms with Crippen molar-refractivity contribution in [3.63, 3.8) is 0 Å². The Balaban J connectivity index is 1.05. The highest BCUT2D eigenvalue weighted by Gasteiger charge is 2.46. The Hall–Kier alpha value is -10.3. The lowest BCUT2D eigenvalue weighted by Gasteiger charge is -2.46. The molecule has 5 heterocycles. The van der Waals surface area contributed by atoms with Gasteiger partial charge in [-0.05, 0) is 159 Å². The van der Waals surface area contributed by atoms with Crippen LogP contribution in [-0.4, -0.2) is 15.8 Å². The zero-order valence-corrected chi connectivity index (χ0v) is 52.1. The number of aromatic nitrogens is 2. The molecule has 0 atom stereocenters. The number of nitrogens with zero attached hydrogens (tertiary/aromatic N) is 4. The second kappa shape index (κ2) is 20.4. The maximum Gasteiger partial charge on any atom is 0.252 e. The van der Waals surface area contributed by atoms with Crippen LogP contribution in [0.1, 0.15) is 78.0 Å². The molecule has 2 aliphatic heterocycles. The molecule has 0 fully saturated rings. The summed E-state index contributed by atoms with van der Waals surface area (Å²) >= 11 is 0. The molecular weight excluding hydrogens is 1090 g/mol. The summed E-state index contributed by atoms with van der Waals surface area (Å²) in [7, 11) is 0. The minimum absolute atomic E-state index is 0.162. The number of para-hydroxylation sites is 5. The smallest absolute Gasteiger partial charge is 0.252 e. The van der Waals surface area contributed by atoms with Crippen molar-refractivity contribution in [1.82, 2.24) is 9.13 Å². The van der Waals surface area contributed by atoms with E-state index in [0.29, 0.717) is 0 Å².